The number of anilines is 1. The van der Waals surface area contributed by atoms with Crippen LogP contribution in [0.3, 0.4) is 0 Å². The highest BCUT2D eigenvalue weighted by molar-refractivity contribution is 6.33. The Balaban J connectivity index is 2.04. The van der Waals surface area contributed by atoms with Gasteiger partial charge < -0.3 is 10.2 Å². The third-order valence-corrected chi connectivity index (χ3v) is 4.57. The van der Waals surface area contributed by atoms with Crippen LogP contribution in [-0.2, 0) is 0 Å². The average molecular weight is 383 g/mol. The van der Waals surface area contributed by atoms with Crippen LogP contribution >= 0.6 is 11.6 Å². The maximum absolute atomic E-state index is 14.5. The highest BCUT2D eigenvalue weighted by Crippen LogP contribution is 2.39. The fraction of sp³-hybridized carbons (Fsp3) is 0.312. The molecule has 1 aliphatic rings. The number of hydrogen-bond donors (Lipinski definition) is 1. The molecule has 10 heteroatoms. The van der Waals surface area contributed by atoms with E-state index in [9.17, 15) is 13.2 Å². The molecule has 1 aliphatic heterocycles. The van der Waals surface area contributed by atoms with Crippen LogP contribution in [0, 0.1) is 17.5 Å². The molecule has 0 amide bonds. The molecule has 136 valence electrons. The molecule has 3 heterocycles. The van der Waals surface area contributed by atoms with Crippen LogP contribution in [0.1, 0.15) is 6.42 Å². The van der Waals surface area contributed by atoms with Gasteiger partial charge in [-0.15, -0.1) is 0 Å². The van der Waals surface area contributed by atoms with Gasteiger partial charge in [-0.05, 0) is 25.1 Å². The molecular formula is C16H14ClF3N6. The quantitative estimate of drug-likeness (QED) is 0.545. The summed E-state index contributed by atoms with van der Waals surface area (Å²) >= 11 is 6.27. The standard InChI is InChI=1S/C16H14ClF3N6/c17-14-12(11-9(18)2-3-10(19)13(11)20)15(25-6-1-4-21-5-7-25)26-16(24-14)22-8-23-26/h2-3,8,21H,1,4-7H2. The Morgan fingerprint density at radius 3 is 2.69 bits per heavy atom. The van der Waals surface area contributed by atoms with Crippen LogP contribution in [0.15, 0.2) is 18.5 Å². The van der Waals surface area contributed by atoms with E-state index in [0.717, 1.165) is 25.1 Å². The van der Waals surface area contributed by atoms with E-state index in [-0.39, 0.29) is 16.5 Å². The van der Waals surface area contributed by atoms with Crippen molar-refractivity contribution < 1.29 is 13.2 Å². The number of hydrogen-bond acceptors (Lipinski definition) is 5. The Bertz CT molecular complexity index is 968. The van der Waals surface area contributed by atoms with Gasteiger partial charge in [0.15, 0.2) is 11.6 Å². The molecule has 0 radical (unpaired) electrons. The highest BCUT2D eigenvalue weighted by atomic mass is 35.5. The van der Waals surface area contributed by atoms with Crippen molar-refractivity contribution in [3.8, 4) is 11.1 Å². The molecule has 4 rings (SSSR count). The monoisotopic (exact) mass is 382 g/mol. The summed E-state index contributed by atoms with van der Waals surface area (Å²) in [5.41, 5.74) is -0.604. The van der Waals surface area contributed by atoms with Crippen molar-refractivity contribution in [2.45, 2.75) is 6.42 Å². The molecule has 1 fully saturated rings. The first-order valence-electron chi connectivity index (χ1n) is 8.06. The zero-order valence-corrected chi connectivity index (χ0v) is 14.3. The number of nitrogens with one attached hydrogen (secondary N) is 1. The van der Waals surface area contributed by atoms with Crippen LogP contribution < -0.4 is 10.2 Å². The molecule has 1 N–H and O–H groups in total. The fourth-order valence-electron chi connectivity index (χ4n) is 3.12. The second-order valence-electron chi connectivity index (χ2n) is 5.88. The summed E-state index contributed by atoms with van der Waals surface area (Å²) in [7, 11) is 0. The predicted octanol–water partition coefficient (Wildman–Crippen LogP) is 2.66. The summed E-state index contributed by atoms with van der Waals surface area (Å²) in [6.45, 7) is 2.65. The Morgan fingerprint density at radius 2 is 1.85 bits per heavy atom. The molecule has 0 unspecified atom stereocenters. The van der Waals surface area contributed by atoms with E-state index in [2.05, 4.69) is 20.4 Å². The Morgan fingerprint density at radius 1 is 1.04 bits per heavy atom. The number of nitrogens with zero attached hydrogens (tertiary/aromatic N) is 5. The van der Waals surface area contributed by atoms with Gasteiger partial charge in [0.1, 0.15) is 23.1 Å². The summed E-state index contributed by atoms with van der Waals surface area (Å²) in [6, 6.07) is 1.60. The maximum atomic E-state index is 14.5. The molecule has 0 atom stereocenters. The first kappa shape index (κ1) is 17.0. The first-order chi connectivity index (χ1) is 12.6. The first-order valence-corrected chi connectivity index (χ1v) is 8.44. The SMILES string of the molecule is Fc1ccc(F)c(-c2c(Cl)nc3ncnn3c2N2CCCNCC2)c1F. The van der Waals surface area contributed by atoms with Crippen LogP contribution in [0.5, 0.6) is 0 Å². The van der Waals surface area contributed by atoms with Crippen LogP contribution in [0.25, 0.3) is 16.9 Å². The molecular weight excluding hydrogens is 369 g/mol. The minimum Gasteiger partial charge on any atom is -0.355 e. The van der Waals surface area contributed by atoms with Gasteiger partial charge >= 0.3 is 0 Å². The number of rotatable bonds is 2. The molecule has 0 saturated carbocycles. The van der Waals surface area contributed by atoms with Crippen molar-refractivity contribution in [2.24, 2.45) is 0 Å². The van der Waals surface area contributed by atoms with Crippen molar-refractivity contribution in [1.82, 2.24) is 24.9 Å². The van der Waals surface area contributed by atoms with Gasteiger partial charge in [-0.3, -0.25) is 0 Å². The van der Waals surface area contributed by atoms with E-state index in [1.54, 1.807) is 0 Å². The lowest BCUT2D eigenvalue weighted by Crippen LogP contribution is -2.30. The van der Waals surface area contributed by atoms with E-state index < -0.39 is 23.0 Å². The largest absolute Gasteiger partial charge is 0.355 e. The summed E-state index contributed by atoms with van der Waals surface area (Å²) < 4.78 is 44.2. The second-order valence-corrected chi connectivity index (χ2v) is 6.24. The lowest BCUT2D eigenvalue weighted by Gasteiger charge is -2.26. The summed E-state index contributed by atoms with van der Waals surface area (Å²) in [6.07, 6.45) is 2.09. The zero-order valence-electron chi connectivity index (χ0n) is 13.5. The predicted molar refractivity (Wildman–Crippen MR) is 90.8 cm³/mol. The topological polar surface area (TPSA) is 58.4 Å². The normalized spacial score (nSPS) is 15.5. The summed E-state index contributed by atoms with van der Waals surface area (Å²) in [5.74, 6) is -2.88. The average Bonchev–Trinajstić information content (AvgIpc) is 2.91. The molecule has 0 bridgehead atoms. The van der Waals surface area contributed by atoms with Gasteiger partial charge in [-0.2, -0.15) is 19.6 Å². The number of aromatic nitrogens is 4. The lowest BCUT2D eigenvalue weighted by molar-refractivity contribution is 0.499. The number of halogens is 4. The van der Waals surface area contributed by atoms with Crippen molar-refractivity contribution >= 4 is 23.2 Å². The molecule has 6 nitrogen and oxygen atoms in total. The molecule has 1 saturated heterocycles. The fourth-order valence-corrected chi connectivity index (χ4v) is 3.38. The van der Waals surface area contributed by atoms with Crippen molar-refractivity contribution in [3.63, 3.8) is 0 Å². The minimum absolute atomic E-state index is 0.0407. The van der Waals surface area contributed by atoms with Crippen LogP contribution in [0.2, 0.25) is 5.15 Å². The van der Waals surface area contributed by atoms with Crippen molar-refractivity contribution in [1.29, 1.82) is 0 Å². The molecule has 0 aliphatic carbocycles. The van der Waals surface area contributed by atoms with Gasteiger partial charge in [0.05, 0.1) is 11.1 Å². The van der Waals surface area contributed by atoms with E-state index >= 15 is 0 Å². The third kappa shape index (κ3) is 2.77. The summed E-state index contributed by atoms with van der Waals surface area (Å²) in [5, 5.41) is 7.20. The molecule has 26 heavy (non-hydrogen) atoms. The van der Waals surface area contributed by atoms with Gasteiger partial charge in [0, 0.05) is 19.6 Å². The van der Waals surface area contributed by atoms with Crippen molar-refractivity contribution in [2.75, 3.05) is 31.1 Å². The highest BCUT2D eigenvalue weighted by Gasteiger charge is 2.28. The molecule has 0 spiro atoms. The lowest BCUT2D eigenvalue weighted by atomic mass is 10.1. The Labute approximate surface area is 151 Å². The molecule has 3 aromatic rings. The Kier molecular flexibility index (Phi) is 4.41. The van der Waals surface area contributed by atoms with Crippen molar-refractivity contribution in [3.05, 3.63) is 41.1 Å². The summed E-state index contributed by atoms with van der Waals surface area (Å²) in [4.78, 5) is 9.96. The minimum atomic E-state index is -1.32. The van der Waals surface area contributed by atoms with E-state index in [4.69, 9.17) is 11.6 Å². The number of benzene rings is 1. The van der Waals surface area contributed by atoms with Gasteiger partial charge in [0.2, 0.25) is 0 Å². The van der Waals surface area contributed by atoms with Crippen LogP contribution in [-0.4, -0.2) is 45.8 Å². The third-order valence-electron chi connectivity index (χ3n) is 4.29. The van der Waals surface area contributed by atoms with E-state index in [1.165, 1.54) is 10.8 Å². The van der Waals surface area contributed by atoms with E-state index in [0.29, 0.717) is 25.5 Å². The van der Waals surface area contributed by atoms with Gasteiger partial charge in [-0.25, -0.2) is 13.2 Å². The molecule has 1 aromatic carbocycles. The maximum Gasteiger partial charge on any atom is 0.255 e. The molecule has 2 aromatic heterocycles. The van der Waals surface area contributed by atoms with Crippen LogP contribution in [0.4, 0.5) is 19.0 Å². The smallest absolute Gasteiger partial charge is 0.255 e. The van der Waals surface area contributed by atoms with Gasteiger partial charge in [-0.1, -0.05) is 11.6 Å². The zero-order chi connectivity index (χ0) is 18.3. The number of fused-ring (bicyclic) bond motifs is 1. The van der Waals surface area contributed by atoms with E-state index in [1.807, 2.05) is 4.90 Å². The van der Waals surface area contributed by atoms with Gasteiger partial charge in [0.25, 0.3) is 5.78 Å². The Hall–Kier alpha value is -2.39. The second kappa shape index (κ2) is 6.73.